The van der Waals surface area contributed by atoms with Crippen molar-refractivity contribution < 1.29 is 14.3 Å². The molecule has 0 N–H and O–H groups in total. The third kappa shape index (κ3) is 3.34. The number of fused-ring (bicyclic) bond motifs is 1. The molecule has 2 fully saturated rings. The molecule has 25 heavy (non-hydrogen) atoms. The van der Waals surface area contributed by atoms with Crippen molar-refractivity contribution in [3.05, 3.63) is 35.4 Å². The molecule has 1 spiro atoms. The van der Waals surface area contributed by atoms with Crippen LogP contribution in [0.2, 0.25) is 0 Å². The van der Waals surface area contributed by atoms with Gasteiger partial charge in [-0.05, 0) is 55.6 Å². The van der Waals surface area contributed by atoms with Crippen molar-refractivity contribution in [2.45, 2.75) is 44.6 Å². The zero-order chi connectivity index (χ0) is 17.3. The van der Waals surface area contributed by atoms with Crippen molar-refractivity contribution in [2.24, 2.45) is 11.8 Å². The molecule has 1 unspecified atom stereocenters. The number of amides is 1. The molecule has 3 aliphatic rings. The van der Waals surface area contributed by atoms with Gasteiger partial charge in [0.15, 0.2) is 0 Å². The molecule has 0 saturated carbocycles. The highest BCUT2D eigenvalue weighted by atomic mass is 16.5. The summed E-state index contributed by atoms with van der Waals surface area (Å²) < 4.78 is 11.6. The van der Waals surface area contributed by atoms with Gasteiger partial charge < -0.3 is 14.4 Å². The lowest BCUT2D eigenvalue weighted by Gasteiger charge is -2.50. The highest BCUT2D eigenvalue weighted by Crippen LogP contribution is 2.42. The molecular formula is C21H29NO3. The number of ether oxygens (including phenoxy) is 2. The molecule has 4 rings (SSSR count). The van der Waals surface area contributed by atoms with Crippen LogP contribution in [0.15, 0.2) is 24.3 Å². The molecule has 0 aromatic heterocycles. The van der Waals surface area contributed by atoms with Gasteiger partial charge in [-0.3, -0.25) is 4.79 Å². The molecule has 2 aliphatic heterocycles. The first-order valence-corrected chi connectivity index (χ1v) is 9.76. The first kappa shape index (κ1) is 17.0. The number of carbonyl (C=O) groups is 1. The van der Waals surface area contributed by atoms with Crippen molar-refractivity contribution in [1.29, 1.82) is 0 Å². The number of benzene rings is 1. The minimum absolute atomic E-state index is 0.0780. The van der Waals surface area contributed by atoms with Crippen LogP contribution in [-0.2, 0) is 27.1 Å². The van der Waals surface area contributed by atoms with Crippen LogP contribution in [0.3, 0.4) is 0 Å². The van der Waals surface area contributed by atoms with Crippen LogP contribution >= 0.6 is 0 Å². The van der Waals surface area contributed by atoms with Crippen LogP contribution in [0, 0.1) is 11.8 Å². The Bertz CT molecular complexity index is 598. The molecule has 1 aliphatic carbocycles. The van der Waals surface area contributed by atoms with E-state index in [1.165, 1.54) is 11.1 Å². The molecule has 0 bridgehead atoms. The van der Waals surface area contributed by atoms with E-state index in [-0.39, 0.29) is 5.60 Å². The highest BCUT2D eigenvalue weighted by Gasteiger charge is 2.54. The van der Waals surface area contributed by atoms with Gasteiger partial charge in [0, 0.05) is 26.2 Å². The van der Waals surface area contributed by atoms with Crippen molar-refractivity contribution in [3.8, 4) is 0 Å². The van der Waals surface area contributed by atoms with Gasteiger partial charge in [0.1, 0.15) is 5.60 Å². The van der Waals surface area contributed by atoms with Crippen molar-refractivity contribution >= 4 is 5.91 Å². The lowest BCUT2D eigenvalue weighted by atomic mass is 9.78. The molecule has 0 radical (unpaired) electrons. The molecule has 1 amide bonds. The van der Waals surface area contributed by atoms with Crippen molar-refractivity contribution in [2.75, 3.05) is 32.9 Å². The first-order valence-electron chi connectivity index (χ1n) is 9.76. The average molecular weight is 343 g/mol. The van der Waals surface area contributed by atoms with E-state index in [9.17, 15) is 4.79 Å². The fourth-order valence-corrected chi connectivity index (χ4v) is 4.86. The average Bonchev–Trinajstić information content (AvgIpc) is 3.16. The van der Waals surface area contributed by atoms with E-state index in [4.69, 9.17) is 9.47 Å². The van der Waals surface area contributed by atoms with E-state index in [1.807, 2.05) is 11.8 Å². The van der Waals surface area contributed by atoms with Gasteiger partial charge in [-0.15, -0.1) is 0 Å². The second-order valence-corrected chi connectivity index (χ2v) is 7.88. The Morgan fingerprint density at radius 2 is 2.00 bits per heavy atom. The number of hydrogen-bond donors (Lipinski definition) is 0. The molecule has 1 aromatic carbocycles. The molecular weight excluding hydrogens is 314 g/mol. The second kappa shape index (κ2) is 7.08. The first-order chi connectivity index (χ1) is 12.2. The second-order valence-electron chi connectivity index (χ2n) is 7.88. The quantitative estimate of drug-likeness (QED) is 0.746. The van der Waals surface area contributed by atoms with Gasteiger partial charge in [-0.2, -0.15) is 0 Å². The van der Waals surface area contributed by atoms with Crippen molar-refractivity contribution in [1.82, 2.24) is 4.90 Å². The fourth-order valence-electron chi connectivity index (χ4n) is 4.86. The van der Waals surface area contributed by atoms with Gasteiger partial charge in [0.25, 0.3) is 0 Å². The number of likely N-dealkylation sites (tertiary alicyclic amines) is 1. The van der Waals surface area contributed by atoms with Crippen LogP contribution in [0.4, 0.5) is 0 Å². The van der Waals surface area contributed by atoms with Crippen LogP contribution in [0.1, 0.15) is 37.3 Å². The van der Waals surface area contributed by atoms with Crippen LogP contribution in [0.25, 0.3) is 0 Å². The van der Waals surface area contributed by atoms with Gasteiger partial charge in [-0.25, -0.2) is 0 Å². The van der Waals surface area contributed by atoms with Crippen molar-refractivity contribution in [3.63, 3.8) is 0 Å². The summed E-state index contributed by atoms with van der Waals surface area (Å²) >= 11 is 0. The Morgan fingerprint density at radius 3 is 2.68 bits per heavy atom. The van der Waals surface area contributed by atoms with Gasteiger partial charge in [0.2, 0.25) is 5.91 Å². The Morgan fingerprint density at radius 1 is 1.28 bits per heavy atom. The van der Waals surface area contributed by atoms with Crippen LogP contribution in [0.5, 0.6) is 0 Å². The number of rotatable bonds is 6. The van der Waals surface area contributed by atoms with Crippen LogP contribution in [-0.4, -0.2) is 49.3 Å². The summed E-state index contributed by atoms with van der Waals surface area (Å²) in [5, 5.41) is 0. The maximum Gasteiger partial charge on any atom is 0.223 e. The third-order valence-electron chi connectivity index (χ3n) is 6.28. The zero-order valence-corrected chi connectivity index (χ0v) is 15.2. The lowest BCUT2D eigenvalue weighted by Crippen LogP contribution is -2.66. The Hall–Kier alpha value is -1.39. The predicted octanol–water partition coefficient (Wildman–Crippen LogP) is 2.84. The van der Waals surface area contributed by atoms with Crippen LogP contribution < -0.4 is 0 Å². The predicted molar refractivity (Wildman–Crippen MR) is 96.4 cm³/mol. The Labute approximate surface area is 150 Å². The summed E-state index contributed by atoms with van der Waals surface area (Å²) in [5.41, 5.74) is 2.77. The molecule has 1 atom stereocenters. The van der Waals surface area contributed by atoms with E-state index in [0.717, 1.165) is 58.6 Å². The standard InChI is InChI=1S/C21H29NO3/c1-2-24-9-7-19-8-10-25-21(19)14-22(15-21)20(23)13-16-11-17-5-3-4-6-18(17)12-16/h3-6,16,19H,2,7-15H2,1H3. The third-order valence-corrected chi connectivity index (χ3v) is 6.28. The summed E-state index contributed by atoms with van der Waals surface area (Å²) in [7, 11) is 0. The summed E-state index contributed by atoms with van der Waals surface area (Å²) in [6.07, 6.45) is 4.93. The minimum atomic E-state index is -0.0780. The monoisotopic (exact) mass is 343 g/mol. The van der Waals surface area contributed by atoms with Gasteiger partial charge in [0.05, 0.1) is 13.1 Å². The lowest BCUT2D eigenvalue weighted by molar-refractivity contribution is -0.167. The maximum absolute atomic E-state index is 12.7. The SMILES string of the molecule is CCOCCC1CCOC12CN(C(=O)CC1Cc3ccccc3C1)C2. The summed E-state index contributed by atoms with van der Waals surface area (Å²) in [5.74, 6) is 1.32. The molecule has 136 valence electrons. The van der Waals surface area contributed by atoms with E-state index >= 15 is 0 Å². The van der Waals surface area contributed by atoms with E-state index in [0.29, 0.717) is 24.2 Å². The molecule has 2 saturated heterocycles. The van der Waals surface area contributed by atoms with E-state index < -0.39 is 0 Å². The summed E-state index contributed by atoms with van der Waals surface area (Å²) in [6, 6.07) is 8.60. The molecule has 4 heteroatoms. The minimum Gasteiger partial charge on any atom is -0.382 e. The smallest absolute Gasteiger partial charge is 0.223 e. The van der Waals surface area contributed by atoms with Gasteiger partial charge in [-0.1, -0.05) is 24.3 Å². The van der Waals surface area contributed by atoms with E-state index in [2.05, 4.69) is 24.3 Å². The number of carbonyl (C=O) groups excluding carboxylic acids is 1. The summed E-state index contributed by atoms with van der Waals surface area (Å²) in [6.45, 7) is 6.00. The molecule has 2 heterocycles. The maximum atomic E-state index is 12.7. The number of nitrogens with zero attached hydrogens (tertiary/aromatic N) is 1. The normalized spacial score (nSPS) is 24.5. The topological polar surface area (TPSA) is 38.8 Å². The number of hydrogen-bond acceptors (Lipinski definition) is 3. The zero-order valence-electron chi connectivity index (χ0n) is 15.2. The largest absolute Gasteiger partial charge is 0.382 e. The van der Waals surface area contributed by atoms with E-state index in [1.54, 1.807) is 0 Å². The Kier molecular flexibility index (Phi) is 4.83. The fraction of sp³-hybridized carbons (Fsp3) is 0.667. The van der Waals surface area contributed by atoms with Gasteiger partial charge >= 0.3 is 0 Å². The molecule has 1 aromatic rings. The Balaban J connectivity index is 1.27. The summed E-state index contributed by atoms with van der Waals surface area (Å²) in [4.78, 5) is 14.7. The molecule has 4 nitrogen and oxygen atoms in total. The highest BCUT2D eigenvalue weighted by molar-refractivity contribution is 5.78.